The molecule has 0 aliphatic rings. The van der Waals surface area contributed by atoms with Crippen molar-refractivity contribution < 1.29 is 4.79 Å². The molecule has 0 bridgehead atoms. The van der Waals surface area contributed by atoms with Gasteiger partial charge in [-0.2, -0.15) is 0 Å². The highest BCUT2D eigenvalue weighted by Gasteiger charge is 2.09. The average molecular weight is 244 g/mol. The monoisotopic (exact) mass is 244 g/mol. The lowest BCUT2D eigenvalue weighted by atomic mass is 9.92. The molecule has 0 fully saturated rings. The summed E-state index contributed by atoms with van der Waals surface area (Å²) in [5.41, 5.74) is 4.58. The number of aryl methyl sites for hydroxylation is 1. The highest BCUT2D eigenvalue weighted by molar-refractivity contribution is 5.95. The molecule has 1 aromatic carbocycles. The smallest absolute Gasteiger partial charge is 0.160 e. The molecule has 0 amide bonds. The van der Waals surface area contributed by atoms with Crippen LogP contribution in [0.5, 0.6) is 0 Å². The molecule has 0 aromatic heterocycles. The normalized spacial score (nSPS) is 12.1. The van der Waals surface area contributed by atoms with Gasteiger partial charge in [-0.1, -0.05) is 30.7 Å². The summed E-state index contributed by atoms with van der Waals surface area (Å²) in [5.74, 6) is 0.658. The molecule has 1 heteroatoms. The minimum absolute atomic E-state index is 0.158. The molecule has 0 heterocycles. The van der Waals surface area contributed by atoms with E-state index in [1.165, 1.54) is 11.1 Å². The molecule has 0 radical (unpaired) electrons. The lowest BCUT2D eigenvalue weighted by Crippen LogP contribution is -2.00. The molecule has 18 heavy (non-hydrogen) atoms. The SMILES string of the molecule is CC(=O)c1cc(C(C)CCC=C(C)C)ccc1C. The Morgan fingerprint density at radius 1 is 1.28 bits per heavy atom. The van der Waals surface area contributed by atoms with E-state index in [1.54, 1.807) is 6.92 Å². The van der Waals surface area contributed by atoms with E-state index in [0.717, 1.165) is 24.0 Å². The van der Waals surface area contributed by atoms with Gasteiger partial charge in [0.15, 0.2) is 5.78 Å². The van der Waals surface area contributed by atoms with Crippen molar-refractivity contribution in [3.63, 3.8) is 0 Å². The Morgan fingerprint density at radius 3 is 2.50 bits per heavy atom. The topological polar surface area (TPSA) is 17.1 Å². The third kappa shape index (κ3) is 4.14. The van der Waals surface area contributed by atoms with Gasteiger partial charge in [0.2, 0.25) is 0 Å². The van der Waals surface area contributed by atoms with Gasteiger partial charge in [0.25, 0.3) is 0 Å². The summed E-state index contributed by atoms with van der Waals surface area (Å²) in [6.45, 7) is 10.1. The number of rotatable bonds is 5. The van der Waals surface area contributed by atoms with Crippen LogP contribution in [0.25, 0.3) is 0 Å². The molecule has 0 saturated carbocycles. The van der Waals surface area contributed by atoms with Crippen molar-refractivity contribution in [2.24, 2.45) is 0 Å². The molecule has 1 nitrogen and oxygen atoms in total. The second-order valence-electron chi connectivity index (χ2n) is 5.39. The summed E-state index contributed by atoms with van der Waals surface area (Å²) in [4.78, 5) is 11.5. The molecular weight excluding hydrogens is 220 g/mol. The van der Waals surface area contributed by atoms with E-state index in [-0.39, 0.29) is 5.78 Å². The van der Waals surface area contributed by atoms with E-state index in [4.69, 9.17) is 0 Å². The van der Waals surface area contributed by atoms with Gasteiger partial charge in [0.05, 0.1) is 0 Å². The van der Waals surface area contributed by atoms with Crippen LogP contribution in [0.2, 0.25) is 0 Å². The average Bonchev–Trinajstić information content (AvgIpc) is 2.28. The van der Waals surface area contributed by atoms with Crippen LogP contribution in [0.15, 0.2) is 29.8 Å². The van der Waals surface area contributed by atoms with Crippen LogP contribution in [0, 0.1) is 6.92 Å². The first-order chi connectivity index (χ1) is 8.41. The van der Waals surface area contributed by atoms with E-state index in [0.29, 0.717) is 5.92 Å². The van der Waals surface area contributed by atoms with Crippen molar-refractivity contribution >= 4 is 5.78 Å². The van der Waals surface area contributed by atoms with Crippen molar-refractivity contribution in [2.75, 3.05) is 0 Å². The molecule has 0 N–H and O–H groups in total. The lowest BCUT2D eigenvalue weighted by molar-refractivity contribution is 0.101. The summed E-state index contributed by atoms with van der Waals surface area (Å²) < 4.78 is 0. The molecule has 0 aliphatic carbocycles. The second kappa shape index (κ2) is 6.53. The van der Waals surface area contributed by atoms with Crippen LogP contribution < -0.4 is 0 Å². The molecule has 1 atom stereocenters. The van der Waals surface area contributed by atoms with E-state index in [9.17, 15) is 4.79 Å². The first kappa shape index (κ1) is 14.7. The number of hydrogen-bond donors (Lipinski definition) is 0. The van der Waals surface area contributed by atoms with Crippen LogP contribution >= 0.6 is 0 Å². The maximum absolute atomic E-state index is 11.5. The molecule has 0 saturated heterocycles. The molecule has 98 valence electrons. The molecule has 0 spiro atoms. The first-order valence-corrected chi connectivity index (χ1v) is 6.66. The molecular formula is C17H24O. The Morgan fingerprint density at radius 2 is 1.94 bits per heavy atom. The van der Waals surface area contributed by atoms with Crippen molar-refractivity contribution in [1.82, 2.24) is 0 Å². The maximum Gasteiger partial charge on any atom is 0.160 e. The summed E-state index contributed by atoms with van der Waals surface area (Å²) in [6.07, 6.45) is 4.51. The fourth-order valence-electron chi connectivity index (χ4n) is 2.11. The number of allylic oxidation sites excluding steroid dienone is 2. The van der Waals surface area contributed by atoms with Crippen molar-refractivity contribution in [3.8, 4) is 0 Å². The number of Topliss-reactive ketones (excluding diaryl/α,β-unsaturated/α-hetero) is 1. The Bertz CT molecular complexity index is 451. The number of carbonyl (C=O) groups excluding carboxylic acids is 1. The Kier molecular flexibility index (Phi) is 5.33. The summed E-state index contributed by atoms with van der Waals surface area (Å²) in [6, 6.07) is 6.27. The molecule has 1 aromatic rings. The van der Waals surface area contributed by atoms with Gasteiger partial charge in [-0.05, 0) is 63.6 Å². The van der Waals surface area contributed by atoms with Gasteiger partial charge in [-0.3, -0.25) is 4.79 Å². The van der Waals surface area contributed by atoms with Crippen LogP contribution in [0.3, 0.4) is 0 Å². The highest BCUT2D eigenvalue weighted by atomic mass is 16.1. The zero-order valence-corrected chi connectivity index (χ0v) is 12.2. The number of benzene rings is 1. The van der Waals surface area contributed by atoms with Gasteiger partial charge < -0.3 is 0 Å². The summed E-state index contributed by atoms with van der Waals surface area (Å²) in [7, 11) is 0. The largest absolute Gasteiger partial charge is 0.295 e. The minimum atomic E-state index is 0.158. The predicted molar refractivity (Wildman–Crippen MR) is 78.3 cm³/mol. The quantitative estimate of drug-likeness (QED) is 0.523. The zero-order chi connectivity index (χ0) is 13.7. The maximum atomic E-state index is 11.5. The van der Waals surface area contributed by atoms with Crippen LogP contribution in [0.1, 0.15) is 67.9 Å². The Balaban J connectivity index is 2.80. The van der Waals surface area contributed by atoms with Crippen molar-refractivity contribution in [2.45, 2.75) is 53.4 Å². The fraction of sp³-hybridized carbons (Fsp3) is 0.471. The minimum Gasteiger partial charge on any atom is -0.295 e. The second-order valence-corrected chi connectivity index (χ2v) is 5.39. The van der Waals surface area contributed by atoms with Gasteiger partial charge >= 0.3 is 0 Å². The number of ketones is 1. The van der Waals surface area contributed by atoms with E-state index in [1.807, 2.05) is 6.92 Å². The molecule has 1 unspecified atom stereocenters. The number of carbonyl (C=O) groups is 1. The van der Waals surface area contributed by atoms with Crippen LogP contribution in [-0.2, 0) is 0 Å². The Hall–Kier alpha value is -1.37. The van der Waals surface area contributed by atoms with Crippen molar-refractivity contribution in [1.29, 1.82) is 0 Å². The van der Waals surface area contributed by atoms with E-state index >= 15 is 0 Å². The van der Waals surface area contributed by atoms with Crippen LogP contribution in [0.4, 0.5) is 0 Å². The third-order valence-electron chi connectivity index (χ3n) is 3.36. The van der Waals surface area contributed by atoms with Crippen LogP contribution in [-0.4, -0.2) is 5.78 Å². The predicted octanol–water partition coefficient (Wildman–Crippen LogP) is 5.05. The standard InChI is InChI=1S/C17H24O/c1-12(2)7-6-8-13(3)16-10-9-14(4)17(11-16)15(5)18/h7,9-11,13H,6,8H2,1-5H3. The Labute approximate surface area is 111 Å². The van der Waals surface area contributed by atoms with Gasteiger partial charge in [-0.15, -0.1) is 0 Å². The molecule has 1 rings (SSSR count). The zero-order valence-electron chi connectivity index (χ0n) is 12.2. The summed E-state index contributed by atoms with van der Waals surface area (Å²) in [5, 5.41) is 0. The highest BCUT2D eigenvalue weighted by Crippen LogP contribution is 2.23. The first-order valence-electron chi connectivity index (χ1n) is 6.66. The van der Waals surface area contributed by atoms with E-state index in [2.05, 4.69) is 45.0 Å². The molecule has 0 aliphatic heterocycles. The third-order valence-corrected chi connectivity index (χ3v) is 3.36. The van der Waals surface area contributed by atoms with Gasteiger partial charge in [0, 0.05) is 5.56 Å². The lowest BCUT2D eigenvalue weighted by Gasteiger charge is -2.13. The number of hydrogen-bond acceptors (Lipinski definition) is 1. The van der Waals surface area contributed by atoms with E-state index < -0.39 is 0 Å². The summed E-state index contributed by atoms with van der Waals surface area (Å²) >= 11 is 0. The van der Waals surface area contributed by atoms with Gasteiger partial charge in [-0.25, -0.2) is 0 Å². The van der Waals surface area contributed by atoms with Gasteiger partial charge in [0.1, 0.15) is 0 Å². The fourth-order valence-corrected chi connectivity index (χ4v) is 2.11. The van der Waals surface area contributed by atoms with Crippen molar-refractivity contribution in [3.05, 3.63) is 46.5 Å².